The Bertz CT molecular complexity index is 617. The molecule has 0 aromatic heterocycles. The molecule has 0 bridgehead atoms. The first-order chi connectivity index (χ1) is 10.3. The number of nitrogens with one attached hydrogen (secondary N) is 1. The highest BCUT2D eigenvalue weighted by Crippen LogP contribution is 2.29. The predicted molar refractivity (Wildman–Crippen MR) is 92.3 cm³/mol. The Morgan fingerprint density at radius 2 is 1.82 bits per heavy atom. The summed E-state index contributed by atoms with van der Waals surface area (Å²) in [6, 6.07) is 7.85. The summed E-state index contributed by atoms with van der Waals surface area (Å²) in [6.07, 6.45) is 6.13. The van der Waals surface area contributed by atoms with Crippen LogP contribution in [0.15, 0.2) is 35.9 Å². The van der Waals surface area contributed by atoms with Crippen molar-refractivity contribution in [2.75, 3.05) is 12.8 Å². The zero-order valence-electron chi connectivity index (χ0n) is 13.8. The number of rotatable bonds is 6. The molecule has 1 N–H and O–H groups in total. The molecule has 0 amide bonds. The topological polar surface area (TPSA) is 46.2 Å². The molecule has 4 heteroatoms. The van der Waals surface area contributed by atoms with E-state index in [2.05, 4.69) is 25.2 Å². The zero-order chi connectivity index (χ0) is 16.2. The molecule has 0 saturated carbocycles. The molecular formula is C18H27NO2S. The van der Waals surface area contributed by atoms with Crippen LogP contribution < -0.4 is 5.32 Å². The molecule has 122 valence electrons. The molecule has 0 heterocycles. The second-order valence-electron chi connectivity index (χ2n) is 6.63. The maximum atomic E-state index is 11.3. The first-order valence-electron chi connectivity index (χ1n) is 7.98. The van der Waals surface area contributed by atoms with Crippen molar-refractivity contribution in [1.82, 2.24) is 5.32 Å². The van der Waals surface area contributed by atoms with Crippen molar-refractivity contribution in [3.05, 3.63) is 47.0 Å². The summed E-state index contributed by atoms with van der Waals surface area (Å²) in [6.45, 7) is 6.41. The van der Waals surface area contributed by atoms with E-state index in [1.165, 1.54) is 30.2 Å². The van der Waals surface area contributed by atoms with Crippen molar-refractivity contribution in [3.63, 3.8) is 0 Å². The molecule has 1 aromatic rings. The van der Waals surface area contributed by atoms with Crippen LogP contribution in [0.4, 0.5) is 0 Å². The van der Waals surface area contributed by atoms with Gasteiger partial charge in [0.05, 0.1) is 5.75 Å². The lowest BCUT2D eigenvalue weighted by molar-refractivity contribution is 0.350. The molecule has 2 rings (SSSR count). The maximum absolute atomic E-state index is 11.3. The Hall–Kier alpha value is -1.13. The lowest BCUT2D eigenvalue weighted by Gasteiger charge is -2.29. The average molecular weight is 321 g/mol. The zero-order valence-corrected chi connectivity index (χ0v) is 14.6. The minimum Gasteiger partial charge on any atom is -0.312 e. The summed E-state index contributed by atoms with van der Waals surface area (Å²) in [7, 11) is -2.96. The second kappa shape index (κ2) is 7.42. The fraction of sp³-hybridized carbons (Fsp3) is 0.556. The lowest BCUT2D eigenvalue weighted by Crippen LogP contribution is -2.29. The summed E-state index contributed by atoms with van der Waals surface area (Å²) in [5.41, 5.74) is 3.56. The van der Waals surface area contributed by atoms with E-state index < -0.39 is 9.84 Å². The highest BCUT2D eigenvalue weighted by Gasteiger charge is 2.21. The molecule has 0 radical (unpaired) electrons. The van der Waals surface area contributed by atoms with Gasteiger partial charge >= 0.3 is 0 Å². The minimum absolute atomic E-state index is 0.115. The Labute approximate surface area is 134 Å². The van der Waals surface area contributed by atoms with Gasteiger partial charge < -0.3 is 5.32 Å². The van der Waals surface area contributed by atoms with E-state index in [0.29, 0.717) is 5.92 Å². The van der Waals surface area contributed by atoms with Gasteiger partial charge in [-0.15, -0.1) is 0 Å². The van der Waals surface area contributed by atoms with Crippen molar-refractivity contribution in [2.24, 2.45) is 11.8 Å². The summed E-state index contributed by atoms with van der Waals surface area (Å²) in [5.74, 6) is 1.50. The largest absolute Gasteiger partial charge is 0.312 e. The summed E-state index contributed by atoms with van der Waals surface area (Å²) in [4.78, 5) is 0. The molecule has 22 heavy (non-hydrogen) atoms. The molecule has 3 nitrogen and oxygen atoms in total. The number of hydrogen-bond donors (Lipinski definition) is 1. The monoisotopic (exact) mass is 321 g/mol. The van der Waals surface area contributed by atoms with Crippen LogP contribution in [0.3, 0.4) is 0 Å². The van der Waals surface area contributed by atoms with Crippen molar-refractivity contribution < 1.29 is 8.42 Å². The fourth-order valence-electron chi connectivity index (χ4n) is 3.17. The second-order valence-corrected chi connectivity index (χ2v) is 8.77. The van der Waals surface area contributed by atoms with E-state index >= 15 is 0 Å². The Morgan fingerprint density at radius 1 is 1.18 bits per heavy atom. The first kappa shape index (κ1) is 17.2. The Morgan fingerprint density at radius 3 is 2.41 bits per heavy atom. The van der Waals surface area contributed by atoms with Gasteiger partial charge in [0.2, 0.25) is 0 Å². The van der Waals surface area contributed by atoms with Crippen LogP contribution in [0.25, 0.3) is 0 Å². The van der Waals surface area contributed by atoms with E-state index in [9.17, 15) is 8.42 Å². The van der Waals surface area contributed by atoms with Crippen LogP contribution in [0.5, 0.6) is 0 Å². The molecule has 0 unspecified atom stereocenters. The van der Waals surface area contributed by atoms with Gasteiger partial charge in [0, 0.05) is 19.3 Å². The summed E-state index contributed by atoms with van der Waals surface area (Å²) >= 11 is 0. The molecule has 2 atom stereocenters. The van der Waals surface area contributed by atoms with Crippen LogP contribution in [-0.4, -0.2) is 21.2 Å². The van der Waals surface area contributed by atoms with E-state index in [1.54, 1.807) is 0 Å². The van der Waals surface area contributed by atoms with Gasteiger partial charge in [0.25, 0.3) is 0 Å². The number of hydrogen-bond acceptors (Lipinski definition) is 3. The maximum Gasteiger partial charge on any atom is 0.151 e. The third-order valence-corrected chi connectivity index (χ3v) is 5.36. The molecule has 1 aliphatic carbocycles. The fourth-order valence-corrected chi connectivity index (χ4v) is 3.96. The van der Waals surface area contributed by atoms with Crippen molar-refractivity contribution >= 4 is 9.84 Å². The van der Waals surface area contributed by atoms with Crippen molar-refractivity contribution in [1.29, 1.82) is 0 Å². The van der Waals surface area contributed by atoms with Gasteiger partial charge in [0.1, 0.15) is 0 Å². The smallest absolute Gasteiger partial charge is 0.151 e. The van der Waals surface area contributed by atoms with E-state index in [-0.39, 0.29) is 5.75 Å². The third-order valence-electron chi connectivity index (χ3n) is 4.51. The van der Waals surface area contributed by atoms with Gasteiger partial charge in [-0.05, 0) is 42.7 Å². The third kappa shape index (κ3) is 5.25. The minimum atomic E-state index is -2.96. The van der Waals surface area contributed by atoms with E-state index in [0.717, 1.165) is 24.6 Å². The normalized spacial score (nSPS) is 22.4. The molecule has 0 fully saturated rings. The molecule has 1 aliphatic rings. The number of sulfone groups is 1. The predicted octanol–water partition coefficient (Wildman–Crippen LogP) is 3.31. The summed E-state index contributed by atoms with van der Waals surface area (Å²) in [5, 5.41) is 3.54. The van der Waals surface area contributed by atoms with Gasteiger partial charge in [-0.2, -0.15) is 0 Å². The van der Waals surface area contributed by atoms with Crippen molar-refractivity contribution in [2.45, 2.75) is 39.0 Å². The summed E-state index contributed by atoms with van der Waals surface area (Å²) < 4.78 is 22.6. The lowest BCUT2D eigenvalue weighted by atomic mass is 9.80. The molecule has 0 aliphatic heterocycles. The van der Waals surface area contributed by atoms with Crippen LogP contribution in [0, 0.1) is 11.8 Å². The highest BCUT2D eigenvalue weighted by atomic mass is 32.2. The van der Waals surface area contributed by atoms with Gasteiger partial charge in [-0.25, -0.2) is 8.42 Å². The Balaban J connectivity index is 1.84. The standard InChI is InChI=1S/C18H27NO2S/c1-14-5-4-6-15(2)18(14)12-19-11-16-7-9-17(10-8-16)13-22(3,20)21/h5,7-10,15,18-19H,4,6,11-13H2,1-3H3/t15-,18-/m1/s1. The van der Waals surface area contributed by atoms with Gasteiger partial charge in [-0.1, -0.05) is 42.8 Å². The van der Waals surface area contributed by atoms with E-state index in [1.807, 2.05) is 24.3 Å². The molecule has 0 saturated heterocycles. The van der Waals surface area contributed by atoms with Crippen LogP contribution in [0.2, 0.25) is 0 Å². The van der Waals surface area contributed by atoms with Crippen LogP contribution in [0.1, 0.15) is 37.8 Å². The molecule has 0 spiro atoms. The number of benzene rings is 1. The Kier molecular flexibility index (Phi) is 5.81. The SMILES string of the molecule is CC1=CCC[C@@H](C)[C@@H]1CNCc1ccc(CS(C)(=O)=O)cc1. The van der Waals surface area contributed by atoms with Gasteiger partial charge in [0.15, 0.2) is 9.84 Å². The molecular weight excluding hydrogens is 294 g/mol. The van der Waals surface area contributed by atoms with Crippen molar-refractivity contribution in [3.8, 4) is 0 Å². The van der Waals surface area contributed by atoms with Crippen LogP contribution >= 0.6 is 0 Å². The molecule has 1 aromatic carbocycles. The first-order valence-corrected chi connectivity index (χ1v) is 10.0. The van der Waals surface area contributed by atoms with Crippen LogP contribution in [-0.2, 0) is 22.1 Å². The quantitative estimate of drug-likeness (QED) is 0.818. The van der Waals surface area contributed by atoms with E-state index in [4.69, 9.17) is 0 Å². The number of allylic oxidation sites excluding steroid dienone is 1. The van der Waals surface area contributed by atoms with Gasteiger partial charge in [-0.3, -0.25) is 0 Å². The highest BCUT2D eigenvalue weighted by molar-refractivity contribution is 7.89. The average Bonchev–Trinajstić information content (AvgIpc) is 2.42.